The molecule has 0 amide bonds. The van der Waals surface area contributed by atoms with Gasteiger partial charge >= 0.3 is 0 Å². The first-order valence-corrected chi connectivity index (χ1v) is 5.66. The molecule has 1 fully saturated rings. The fourth-order valence-electron chi connectivity index (χ4n) is 2.50. The van der Waals surface area contributed by atoms with Gasteiger partial charge in [-0.1, -0.05) is 42.5 Å². The summed E-state index contributed by atoms with van der Waals surface area (Å²) in [5.74, 6) is 0. The van der Waals surface area contributed by atoms with Crippen molar-refractivity contribution in [3.63, 3.8) is 0 Å². The molecule has 0 bridgehead atoms. The van der Waals surface area contributed by atoms with E-state index in [0.29, 0.717) is 6.04 Å². The van der Waals surface area contributed by atoms with Gasteiger partial charge in [-0.3, -0.25) is 0 Å². The lowest BCUT2D eigenvalue weighted by Gasteiger charge is -2.13. The van der Waals surface area contributed by atoms with Gasteiger partial charge in [0.25, 0.3) is 0 Å². The number of hydrogen-bond donors (Lipinski definition) is 1. The van der Waals surface area contributed by atoms with Gasteiger partial charge in [0, 0.05) is 6.04 Å². The third kappa shape index (κ3) is 1.53. The summed E-state index contributed by atoms with van der Waals surface area (Å²) in [5, 5.41) is 6.32. The molecule has 1 atom stereocenters. The highest BCUT2D eigenvalue weighted by Gasteiger charge is 2.17. The van der Waals surface area contributed by atoms with E-state index >= 15 is 0 Å². The van der Waals surface area contributed by atoms with Gasteiger partial charge in [-0.05, 0) is 35.7 Å². The van der Waals surface area contributed by atoms with Crippen molar-refractivity contribution in [1.29, 1.82) is 0 Å². The van der Waals surface area contributed by atoms with E-state index in [2.05, 4.69) is 47.8 Å². The van der Waals surface area contributed by atoms with Crippen LogP contribution in [0.2, 0.25) is 0 Å². The highest BCUT2D eigenvalue weighted by Crippen LogP contribution is 2.29. The molecular weight excluding hydrogens is 182 g/mol. The summed E-state index contributed by atoms with van der Waals surface area (Å²) in [6, 6.07) is 15.8. The molecule has 0 aromatic heterocycles. The van der Waals surface area contributed by atoms with E-state index in [1.165, 1.54) is 29.2 Å². The summed E-state index contributed by atoms with van der Waals surface area (Å²) in [4.78, 5) is 0. The summed E-state index contributed by atoms with van der Waals surface area (Å²) in [6.07, 6.45) is 2.57. The summed E-state index contributed by atoms with van der Waals surface area (Å²) >= 11 is 0. The van der Waals surface area contributed by atoms with Crippen LogP contribution in [-0.4, -0.2) is 6.54 Å². The Labute approximate surface area is 90.1 Å². The van der Waals surface area contributed by atoms with Gasteiger partial charge in [-0.15, -0.1) is 0 Å². The second-order valence-corrected chi connectivity index (χ2v) is 4.22. The molecule has 1 heterocycles. The first-order valence-electron chi connectivity index (χ1n) is 5.66. The van der Waals surface area contributed by atoms with Crippen molar-refractivity contribution < 1.29 is 0 Å². The molecule has 1 heteroatoms. The summed E-state index contributed by atoms with van der Waals surface area (Å²) in [6.45, 7) is 1.16. The van der Waals surface area contributed by atoms with E-state index in [4.69, 9.17) is 0 Å². The van der Waals surface area contributed by atoms with E-state index in [9.17, 15) is 0 Å². The average Bonchev–Trinajstić information content (AvgIpc) is 2.82. The highest BCUT2D eigenvalue weighted by atomic mass is 14.9. The lowest BCUT2D eigenvalue weighted by Crippen LogP contribution is -2.12. The Morgan fingerprint density at radius 3 is 2.73 bits per heavy atom. The number of nitrogens with one attached hydrogen (secondary N) is 1. The molecule has 1 unspecified atom stereocenters. The van der Waals surface area contributed by atoms with Gasteiger partial charge < -0.3 is 5.32 Å². The van der Waals surface area contributed by atoms with Gasteiger partial charge in [-0.2, -0.15) is 0 Å². The minimum Gasteiger partial charge on any atom is -0.310 e. The minimum absolute atomic E-state index is 0.566. The smallest absolute Gasteiger partial charge is 0.0326 e. The molecule has 1 nitrogen and oxygen atoms in total. The van der Waals surface area contributed by atoms with Crippen molar-refractivity contribution in [2.75, 3.05) is 6.54 Å². The predicted molar refractivity (Wildman–Crippen MR) is 63.9 cm³/mol. The predicted octanol–water partition coefficient (Wildman–Crippen LogP) is 3.26. The molecule has 3 rings (SSSR count). The van der Waals surface area contributed by atoms with Crippen molar-refractivity contribution in [2.45, 2.75) is 18.9 Å². The zero-order valence-electron chi connectivity index (χ0n) is 8.74. The molecule has 0 radical (unpaired) electrons. The zero-order valence-corrected chi connectivity index (χ0v) is 8.74. The molecule has 0 spiro atoms. The monoisotopic (exact) mass is 197 g/mol. The first-order chi connectivity index (χ1) is 7.45. The Morgan fingerprint density at radius 2 is 1.87 bits per heavy atom. The van der Waals surface area contributed by atoms with Crippen molar-refractivity contribution in [1.82, 2.24) is 5.32 Å². The van der Waals surface area contributed by atoms with Crippen LogP contribution in [0, 0.1) is 0 Å². The Balaban J connectivity index is 2.16. The van der Waals surface area contributed by atoms with Gasteiger partial charge in [0.1, 0.15) is 0 Å². The Bertz CT molecular complexity index is 464. The van der Waals surface area contributed by atoms with E-state index in [1.807, 2.05) is 0 Å². The van der Waals surface area contributed by atoms with Crippen LogP contribution < -0.4 is 5.32 Å². The van der Waals surface area contributed by atoms with Crippen LogP contribution in [0.25, 0.3) is 10.8 Å². The molecule has 1 N–H and O–H groups in total. The van der Waals surface area contributed by atoms with Crippen LogP contribution in [0.15, 0.2) is 42.5 Å². The average molecular weight is 197 g/mol. The summed E-state index contributed by atoms with van der Waals surface area (Å²) in [7, 11) is 0. The zero-order chi connectivity index (χ0) is 10.1. The molecule has 0 saturated carbocycles. The molecule has 2 aromatic rings. The van der Waals surface area contributed by atoms with Gasteiger partial charge in [0.2, 0.25) is 0 Å². The SMILES string of the molecule is c1ccc2c(C3CCCN3)cccc2c1. The van der Waals surface area contributed by atoms with Crippen LogP contribution in [0.3, 0.4) is 0 Å². The van der Waals surface area contributed by atoms with E-state index < -0.39 is 0 Å². The first kappa shape index (κ1) is 8.93. The Hall–Kier alpha value is -1.34. The molecule has 76 valence electrons. The van der Waals surface area contributed by atoms with Crippen LogP contribution in [0.4, 0.5) is 0 Å². The molecule has 1 aliphatic heterocycles. The van der Waals surface area contributed by atoms with E-state index in [-0.39, 0.29) is 0 Å². The molecule has 1 aliphatic rings. The highest BCUT2D eigenvalue weighted by molar-refractivity contribution is 5.86. The van der Waals surface area contributed by atoms with Crippen LogP contribution in [0.5, 0.6) is 0 Å². The van der Waals surface area contributed by atoms with Crippen molar-refractivity contribution in [3.8, 4) is 0 Å². The van der Waals surface area contributed by atoms with Crippen LogP contribution >= 0.6 is 0 Å². The number of rotatable bonds is 1. The second-order valence-electron chi connectivity index (χ2n) is 4.22. The largest absolute Gasteiger partial charge is 0.310 e. The standard InChI is InChI=1S/C14H15N/c1-2-7-12-11(5-1)6-3-8-13(12)14-9-4-10-15-14/h1-3,5-8,14-15H,4,9-10H2. The summed E-state index contributed by atoms with van der Waals surface area (Å²) < 4.78 is 0. The van der Waals surface area contributed by atoms with Crippen molar-refractivity contribution >= 4 is 10.8 Å². The maximum Gasteiger partial charge on any atom is 0.0326 e. The number of benzene rings is 2. The fraction of sp³-hybridized carbons (Fsp3) is 0.286. The quantitative estimate of drug-likeness (QED) is 0.740. The van der Waals surface area contributed by atoms with Crippen molar-refractivity contribution in [2.24, 2.45) is 0 Å². The van der Waals surface area contributed by atoms with Crippen LogP contribution in [0.1, 0.15) is 24.4 Å². The number of fused-ring (bicyclic) bond motifs is 1. The lowest BCUT2D eigenvalue weighted by atomic mass is 9.98. The third-order valence-corrected chi connectivity index (χ3v) is 3.26. The van der Waals surface area contributed by atoms with E-state index in [1.54, 1.807) is 0 Å². The molecular formula is C14H15N. The number of hydrogen-bond acceptors (Lipinski definition) is 1. The maximum atomic E-state index is 3.57. The normalized spacial score (nSPS) is 20.9. The van der Waals surface area contributed by atoms with Gasteiger partial charge in [-0.25, -0.2) is 0 Å². The fourth-order valence-corrected chi connectivity index (χ4v) is 2.50. The molecule has 1 saturated heterocycles. The molecule has 0 aliphatic carbocycles. The summed E-state index contributed by atoms with van der Waals surface area (Å²) in [5.41, 5.74) is 1.46. The Morgan fingerprint density at radius 1 is 1.00 bits per heavy atom. The van der Waals surface area contributed by atoms with Crippen LogP contribution in [-0.2, 0) is 0 Å². The second kappa shape index (κ2) is 3.67. The third-order valence-electron chi connectivity index (χ3n) is 3.26. The topological polar surface area (TPSA) is 12.0 Å². The maximum absolute atomic E-state index is 3.57. The molecule has 15 heavy (non-hydrogen) atoms. The van der Waals surface area contributed by atoms with Gasteiger partial charge in [0.05, 0.1) is 0 Å². The van der Waals surface area contributed by atoms with Gasteiger partial charge in [0.15, 0.2) is 0 Å². The minimum atomic E-state index is 0.566. The van der Waals surface area contributed by atoms with E-state index in [0.717, 1.165) is 6.54 Å². The Kier molecular flexibility index (Phi) is 2.18. The lowest BCUT2D eigenvalue weighted by molar-refractivity contribution is 0.653. The van der Waals surface area contributed by atoms with Crippen molar-refractivity contribution in [3.05, 3.63) is 48.0 Å². The molecule has 2 aromatic carbocycles.